The maximum atomic E-state index is 12.2. The van der Waals surface area contributed by atoms with E-state index in [2.05, 4.69) is 20.9 Å². The number of aryl methyl sites for hydroxylation is 1. The van der Waals surface area contributed by atoms with E-state index in [4.69, 9.17) is 5.73 Å². The third kappa shape index (κ3) is 2.76. The molecule has 1 heterocycles. The maximum Gasteiger partial charge on any atom is 0.170 e. The molecule has 0 amide bonds. The van der Waals surface area contributed by atoms with E-state index in [0.717, 1.165) is 15.6 Å². The zero-order valence-corrected chi connectivity index (χ0v) is 11.6. The highest BCUT2D eigenvalue weighted by atomic mass is 79.9. The van der Waals surface area contributed by atoms with Crippen molar-refractivity contribution in [3.63, 3.8) is 0 Å². The molecule has 1 aromatic heterocycles. The van der Waals surface area contributed by atoms with Crippen LogP contribution in [0.15, 0.2) is 41.0 Å². The summed E-state index contributed by atoms with van der Waals surface area (Å²) >= 11 is 3.43. The number of Topliss-reactive ketones (excluding diaryl/α,β-unsaturated/α-hetero) is 1. The molecule has 2 N–H and O–H groups in total. The number of carbonyl (C=O) groups is 1. The number of pyridine rings is 1. The highest BCUT2D eigenvalue weighted by Crippen LogP contribution is 2.19. The number of nitrogen functional groups attached to an aromatic ring is 1. The van der Waals surface area contributed by atoms with Gasteiger partial charge in [0.25, 0.3) is 0 Å². The number of aromatic nitrogens is 1. The molecule has 0 fully saturated rings. The van der Waals surface area contributed by atoms with Crippen LogP contribution in [0.2, 0.25) is 0 Å². The lowest BCUT2D eigenvalue weighted by Crippen LogP contribution is -2.09. The molecule has 0 saturated heterocycles. The predicted molar refractivity (Wildman–Crippen MR) is 75.6 cm³/mol. The van der Waals surface area contributed by atoms with Gasteiger partial charge in [0.1, 0.15) is 5.82 Å². The van der Waals surface area contributed by atoms with Crippen LogP contribution in [-0.4, -0.2) is 10.8 Å². The molecule has 0 aliphatic rings. The molecule has 1 aromatic carbocycles. The van der Waals surface area contributed by atoms with Crippen LogP contribution >= 0.6 is 15.9 Å². The van der Waals surface area contributed by atoms with Gasteiger partial charge in [0.15, 0.2) is 5.78 Å². The van der Waals surface area contributed by atoms with Gasteiger partial charge in [0.05, 0.1) is 5.56 Å². The fraction of sp³-hybridized carbons (Fsp3) is 0.143. The normalized spacial score (nSPS) is 10.3. The number of hydrogen-bond donors (Lipinski definition) is 1. The summed E-state index contributed by atoms with van der Waals surface area (Å²) in [6.07, 6.45) is 1.97. The van der Waals surface area contributed by atoms with Gasteiger partial charge in [0.2, 0.25) is 0 Å². The average Bonchev–Trinajstić information content (AvgIpc) is 2.35. The van der Waals surface area contributed by atoms with Crippen molar-refractivity contribution in [1.82, 2.24) is 4.98 Å². The quantitative estimate of drug-likeness (QED) is 0.886. The van der Waals surface area contributed by atoms with Gasteiger partial charge in [-0.15, -0.1) is 0 Å². The summed E-state index contributed by atoms with van der Waals surface area (Å²) in [5.74, 6) is 0.272. The Morgan fingerprint density at radius 1 is 1.39 bits per heavy atom. The third-order valence-corrected chi connectivity index (χ3v) is 3.44. The van der Waals surface area contributed by atoms with Gasteiger partial charge in [-0.05, 0) is 30.2 Å². The predicted octanol–water partition coefficient (Wildman–Crippen LogP) is 3.16. The number of anilines is 1. The smallest absolute Gasteiger partial charge is 0.170 e. The summed E-state index contributed by atoms with van der Waals surface area (Å²) in [4.78, 5) is 16.2. The van der Waals surface area contributed by atoms with Crippen LogP contribution in [0, 0.1) is 6.92 Å². The van der Waals surface area contributed by atoms with E-state index in [1.165, 1.54) is 0 Å². The molecule has 0 radical (unpaired) electrons. The first kappa shape index (κ1) is 12.8. The largest absolute Gasteiger partial charge is 0.383 e. The third-order valence-electron chi connectivity index (χ3n) is 2.66. The van der Waals surface area contributed by atoms with E-state index >= 15 is 0 Å². The summed E-state index contributed by atoms with van der Waals surface area (Å²) < 4.78 is 0.928. The second-order valence-corrected chi connectivity index (χ2v) is 4.99. The van der Waals surface area contributed by atoms with E-state index in [9.17, 15) is 4.79 Å². The van der Waals surface area contributed by atoms with Gasteiger partial charge < -0.3 is 5.73 Å². The Kier molecular flexibility index (Phi) is 3.77. The Morgan fingerprint density at radius 3 is 2.83 bits per heavy atom. The number of nitrogens with two attached hydrogens (primary N) is 1. The van der Waals surface area contributed by atoms with Crippen LogP contribution in [0.5, 0.6) is 0 Å². The van der Waals surface area contributed by atoms with Gasteiger partial charge in [0, 0.05) is 17.1 Å². The summed E-state index contributed by atoms with van der Waals surface area (Å²) in [5.41, 5.74) is 8.11. The molecule has 2 rings (SSSR count). The standard InChI is InChI=1S/C14H13BrN2O/c1-9-6-11(14(16)17-8-9)13(18)7-10-4-2-3-5-12(10)15/h2-6,8H,7H2,1H3,(H2,16,17). The van der Waals surface area contributed by atoms with Crippen LogP contribution in [0.25, 0.3) is 0 Å². The molecule has 92 valence electrons. The highest BCUT2D eigenvalue weighted by Gasteiger charge is 2.13. The second-order valence-electron chi connectivity index (χ2n) is 4.14. The fourth-order valence-corrected chi connectivity index (χ4v) is 2.14. The van der Waals surface area contributed by atoms with Crippen molar-refractivity contribution in [2.75, 3.05) is 5.73 Å². The molecule has 0 saturated carbocycles. The SMILES string of the molecule is Cc1cnc(N)c(C(=O)Cc2ccccc2Br)c1. The topological polar surface area (TPSA) is 56.0 Å². The molecule has 0 bridgehead atoms. The first-order chi connectivity index (χ1) is 8.58. The Bertz CT molecular complexity index is 596. The molecule has 0 aliphatic carbocycles. The van der Waals surface area contributed by atoms with Crippen molar-refractivity contribution in [2.45, 2.75) is 13.3 Å². The van der Waals surface area contributed by atoms with Gasteiger partial charge in [-0.2, -0.15) is 0 Å². The van der Waals surface area contributed by atoms with Gasteiger partial charge in [-0.25, -0.2) is 4.98 Å². The summed E-state index contributed by atoms with van der Waals surface area (Å²) in [6, 6.07) is 9.44. The van der Waals surface area contributed by atoms with E-state index in [-0.39, 0.29) is 11.6 Å². The van der Waals surface area contributed by atoms with E-state index < -0.39 is 0 Å². The molecule has 3 nitrogen and oxygen atoms in total. The zero-order valence-electron chi connectivity index (χ0n) is 9.98. The summed E-state index contributed by atoms with van der Waals surface area (Å²) in [6.45, 7) is 1.89. The van der Waals surface area contributed by atoms with Crippen molar-refractivity contribution in [2.24, 2.45) is 0 Å². The molecule has 0 unspecified atom stereocenters. The minimum absolute atomic E-state index is 0.0180. The minimum atomic E-state index is -0.0180. The minimum Gasteiger partial charge on any atom is -0.383 e. The van der Waals surface area contributed by atoms with Crippen LogP contribution in [0.1, 0.15) is 21.5 Å². The lowest BCUT2D eigenvalue weighted by Gasteiger charge is -2.06. The number of halogens is 1. The molecule has 0 spiro atoms. The highest BCUT2D eigenvalue weighted by molar-refractivity contribution is 9.10. The number of ketones is 1. The van der Waals surface area contributed by atoms with Crippen LogP contribution in [0.3, 0.4) is 0 Å². The first-order valence-electron chi connectivity index (χ1n) is 5.56. The first-order valence-corrected chi connectivity index (χ1v) is 6.36. The molecule has 0 atom stereocenters. The fourth-order valence-electron chi connectivity index (χ4n) is 1.71. The Hall–Kier alpha value is -1.68. The molecule has 0 aliphatic heterocycles. The summed E-state index contributed by atoms with van der Waals surface area (Å²) in [7, 11) is 0. The van der Waals surface area contributed by atoms with Crippen molar-refractivity contribution < 1.29 is 4.79 Å². The van der Waals surface area contributed by atoms with Crippen molar-refractivity contribution in [3.8, 4) is 0 Å². The number of benzene rings is 1. The van der Waals surface area contributed by atoms with Crippen molar-refractivity contribution in [3.05, 3.63) is 57.7 Å². The van der Waals surface area contributed by atoms with Crippen molar-refractivity contribution >= 4 is 27.5 Å². The second kappa shape index (κ2) is 5.31. The number of hydrogen-bond acceptors (Lipinski definition) is 3. The van der Waals surface area contributed by atoms with Gasteiger partial charge in [-0.3, -0.25) is 4.79 Å². The van der Waals surface area contributed by atoms with E-state index in [1.807, 2.05) is 31.2 Å². The Labute approximate surface area is 114 Å². The number of nitrogens with zero attached hydrogens (tertiary/aromatic N) is 1. The lowest BCUT2D eigenvalue weighted by molar-refractivity contribution is 0.0993. The van der Waals surface area contributed by atoms with Crippen LogP contribution in [0.4, 0.5) is 5.82 Å². The molecular weight excluding hydrogens is 292 g/mol. The average molecular weight is 305 g/mol. The zero-order chi connectivity index (χ0) is 13.1. The molecule has 18 heavy (non-hydrogen) atoms. The summed E-state index contributed by atoms with van der Waals surface area (Å²) in [5, 5.41) is 0. The van der Waals surface area contributed by atoms with Gasteiger partial charge >= 0.3 is 0 Å². The van der Waals surface area contributed by atoms with Crippen molar-refractivity contribution in [1.29, 1.82) is 0 Å². The molecule has 2 aromatic rings. The lowest BCUT2D eigenvalue weighted by atomic mass is 10.0. The van der Waals surface area contributed by atoms with E-state index in [0.29, 0.717) is 12.0 Å². The number of carbonyl (C=O) groups excluding carboxylic acids is 1. The maximum absolute atomic E-state index is 12.2. The Morgan fingerprint density at radius 2 is 2.11 bits per heavy atom. The Balaban J connectivity index is 2.28. The van der Waals surface area contributed by atoms with Crippen LogP contribution < -0.4 is 5.73 Å². The molecule has 4 heteroatoms. The van der Waals surface area contributed by atoms with Crippen LogP contribution in [-0.2, 0) is 6.42 Å². The molecular formula is C14H13BrN2O. The monoisotopic (exact) mass is 304 g/mol. The van der Waals surface area contributed by atoms with E-state index in [1.54, 1.807) is 12.3 Å². The van der Waals surface area contributed by atoms with Gasteiger partial charge in [-0.1, -0.05) is 34.1 Å². The number of rotatable bonds is 3.